The summed E-state index contributed by atoms with van der Waals surface area (Å²) in [7, 11) is -1.98. The molecule has 140 valence electrons. The molecule has 0 bridgehead atoms. The fourth-order valence-corrected chi connectivity index (χ4v) is 4.23. The number of amides is 1. The summed E-state index contributed by atoms with van der Waals surface area (Å²) in [6.07, 6.45) is 3.86. The molecule has 2 atom stereocenters. The Kier molecular flexibility index (Phi) is 6.51. The average Bonchev–Trinajstić information content (AvgIpc) is 2.54. The Morgan fingerprint density at radius 3 is 2.52 bits per heavy atom. The van der Waals surface area contributed by atoms with E-state index in [1.54, 1.807) is 25.2 Å². The van der Waals surface area contributed by atoms with Crippen LogP contribution in [0.5, 0.6) is 0 Å². The normalized spacial score (nSPS) is 21.0. The van der Waals surface area contributed by atoms with Crippen molar-refractivity contribution in [3.05, 3.63) is 28.2 Å². The lowest BCUT2D eigenvalue weighted by molar-refractivity contribution is -0.133. The van der Waals surface area contributed by atoms with Gasteiger partial charge in [0.2, 0.25) is 15.9 Å². The quantitative estimate of drug-likeness (QED) is 0.773. The molecule has 25 heavy (non-hydrogen) atoms. The Balaban J connectivity index is 2.22. The van der Waals surface area contributed by atoms with Gasteiger partial charge in [0.05, 0.1) is 24.1 Å². The Morgan fingerprint density at radius 1 is 1.32 bits per heavy atom. The summed E-state index contributed by atoms with van der Waals surface area (Å²) >= 11 is 3.39. The Hall–Kier alpha value is -1.12. The molecule has 8 heteroatoms. The van der Waals surface area contributed by atoms with Crippen molar-refractivity contribution in [1.82, 2.24) is 4.90 Å². The molecule has 1 aliphatic carbocycles. The number of aryl methyl sites for hydroxylation is 1. The summed E-state index contributed by atoms with van der Waals surface area (Å²) < 4.78 is 26.4. The zero-order chi connectivity index (χ0) is 18.8. The van der Waals surface area contributed by atoms with Gasteiger partial charge in [-0.15, -0.1) is 0 Å². The fourth-order valence-electron chi connectivity index (χ4n) is 3.15. The molecule has 1 N–H and O–H groups in total. The van der Waals surface area contributed by atoms with Gasteiger partial charge in [0.15, 0.2) is 0 Å². The number of rotatable bonds is 5. The number of hydrogen-bond acceptors (Lipinski definition) is 4. The number of anilines is 1. The van der Waals surface area contributed by atoms with Crippen molar-refractivity contribution >= 4 is 37.5 Å². The van der Waals surface area contributed by atoms with Crippen LogP contribution in [-0.2, 0) is 14.8 Å². The summed E-state index contributed by atoms with van der Waals surface area (Å²) in [4.78, 5) is 14.2. The van der Waals surface area contributed by atoms with Crippen LogP contribution < -0.4 is 4.31 Å². The predicted octanol–water partition coefficient (Wildman–Crippen LogP) is 2.29. The highest BCUT2D eigenvalue weighted by Crippen LogP contribution is 2.26. The summed E-state index contributed by atoms with van der Waals surface area (Å²) in [6.45, 7) is 1.58. The van der Waals surface area contributed by atoms with Gasteiger partial charge >= 0.3 is 0 Å². The topological polar surface area (TPSA) is 77.9 Å². The van der Waals surface area contributed by atoms with E-state index >= 15 is 0 Å². The zero-order valence-corrected chi connectivity index (χ0v) is 17.2. The van der Waals surface area contributed by atoms with Crippen LogP contribution in [0.25, 0.3) is 0 Å². The van der Waals surface area contributed by atoms with Gasteiger partial charge in [-0.3, -0.25) is 9.10 Å². The van der Waals surface area contributed by atoms with Crippen LogP contribution >= 0.6 is 15.9 Å². The van der Waals surface area contributed by atoms with E-state index in [-0.39, 0.29) is 18.5 Å². The maximum Gasteiger partial charge on any atom is 0.243 e. The third-order valence-corrected chi connectivity index (χ3v) is 6.72. The SMILES string of the molecule is Cc1cc(N(CC(=O)N(C)C2CCCCC2O)S(C)(=O)=O)ccc1Br. The van der Waals surface area contributed by atoms with Crippen molar-refractivity contribution in [1.29, 1.82) is 0 Å². The molecule has 0 aromatic heterocycles. The average molecular weight is 433 g/mol. The molecule has 1 aliphatic rings. The molecule has 0 radical (unpaired) electrons. The maximum atomic E-state index is 12.7. The van der Waals surface area contributed by atoms with Crippen LogP contribution in [0.1, 0.15) is 31.2 Å². The maximum absolute atomic E-state index is 12.7. The monoisotopic (exact) mass is 432 g/mol. The Bertz CT molecular complexity index is 738. The van der Waals surface area contributed by atoms with Gasteiger partial charge in [-0.1, -0.05) is 28.8 Å². The first-order valence-corrected chi connectivity index (χ1v) is 10.9. The summed E-state index contributed by atoms with van der Waals surface area (Å²) in [5.41, 5.74) is 1.34. The highest BCUT2D eigenvalue weighted by Gasteiger charge is 2.31. The van der Waals surface area contributed by atoms with E-state index in [0.29, 0.717) is 12.1 Å². The van der Waals surface area contributed by atoms with Crippen molar-refractivity contribution in [2.45, 2.75) is 44.8 Å². The number of hydrogen-bond donors (Lipinski definition) is 1. The van der Waals surface area contributed by atoms with Crippen LogP contribution in [0, 0.1) is 6.92 Å². The van der Waals surface area contributed by atoms with Crippen LogP contribution in [-0.4, -0.2) is 56.3 Å². The lowest BCUT2D eigenvalue weighted by atomic mass is 9.91. The van der Waals surface area contributed by atoms with Gasteiger partial charge in [0, 0.05) is 11.5 Å². The highest BCUT2D eigenvalue weighted by atomic mass is 79.9. The molecule has 6 nitrogen and oxygen atoms in total. The minimum Gasteiger partial charge on any atom is -0.391 e. The minimum atomic E-state index is -3.61. The molecule has 0 saturated heterocycles. The standard InChI is InChI=1S/C17H25BrN2O4S/c1-12-10-13(8-9-14(12)18)20(25(3,23)24)11-17(22)19(2)15-6-4-5-7-16(15)21/h8-10,15-16,21H,4-7,11H2,1-3H3. The first-order valence-electron chi connectivity index (χ1n) is 8.29. The summed E-state index contributed by atoms with van der Waals surface area (Å²) in [5, 5.41) is 10.1. The van der Waals surface area contributed by atoms with Crippen molar-refractivity contribution in [3.8, 4) is 0 Å². The Labute approximate surface area is 158 Å². The van der Waals surface area contributed by atoms with Gasteiger partial charge < -0.3 is 10.0 Å². The third-order valence-electron chi connectivity index (χ3n) is 4.69. The molecule has 0 spiro atoms. The summed E-state index contributed by atoms with van der Waals surface area (Å²) in [6, 6.07) is 4.91. The van der Waals surface area contributed by atoms with Gasteiger partial charge in [0.25, 0.3) is 0 Å². The van der Waals surface area contributed by atoms with E-state index in [4.69, 9.17) is 0 Å². The highest BCUT2D eigenvalue weighted by molar-refractivity contribution is 9.10. The number of carbonyl (C=O) groups is 1. The molecule has 1 saturated carbocycles. The number of likely N-dealkylation sites (N-methyl/N-ethyl adjacent to an activating group) is 1. The molecule has 1 fully saturated rings. The van der Waals surface area contributed by atoms with Gasteiger partial charge in [-0.05, 0) is 43.5 Å². The number of aliphatic hydroxyl groups is 1. The van der Waals surface area contributed by atoms with Gasteiger partial charge in [-0.2, -0.15) is 0 Å². The number of nitrogens with zero attached hydrogens (tertiary/aromatic N) is 2. The van der Waals surface area contributed by atoms with Crippen molar-refractivity contribution in [3.63, 3.8) is 0 Å². The number of halogens is 1. The third kappa shape index (κ3) is 4.95. The van der Waals surface area contributed by atoms with Crippen molar-refractivity contribution < 1.29 is 18.3 Å². The van der Waals surface area contributed by atoms with Crippen LogP contribution in [0.15, 0.2) is 22.7 Å². The second kappa shape index (κ2) is 8.05. The predicted molar refractivity (Wildman–Crippen MR) is 102 cm³/mol. The molecule has 2 unspecified atom stereocenters. The number of sulfonamides is 1. The van der Waals surface area contributed by atoms with E-state index in [2.05, 4.69) is 15.9 Å². The molecule has 1 aromatic rings. The number of carbonyl (C=O) groups excluding carboxylic acids is 1. The molecule has 1 amide bonds. The lowest BCUT2D eigenvalue weighted by Crippen LogP contribution is -2.50. The largest absolute Gasteiger partial charge is 0.391 e. The fraction of sp³-hybridized carbons (Fsp3) is 0.588. The first kappa shape index (κ1) is 20.2. The van der Waals surface area contributed by atoms with E-state index in [9.17, 15) is 18.3 Å². The van der Waals surface area contributed by atoms with Gasteiger partial charge in [0.1, 0.15) is 6.54 Å². The molecular weight excluding hydrogens is 408 g/mol. The summed E-state index contributed by atoms with van der Waals surface area (Å²) in [5.74, 6) is -0.322. The molecule has 2 rings (SSSR count). The zero-order valence-electron chi connectivity index (χ0n) is 14.8. The Morgan fingerprint density at radius 2 is 1.96 bits per heavy atom. The smallest absolute Gasteiger partial charge is 0.243 e. The van der Waals surface area contributed by atoms with Gasteiger partial charge in [-0.25, -0.2) is 8.42 Å². The van der Waals surface area contributed by atoms with E-state index in [0.717, 1.165) is 39.9 Å². The van der Waals surface area contributed by atoms with E-state index in [1.807, 2.05) is 6.92 Å². The molecule has 0 heterocycles. The molecule has 1 aromatic carbocycles. The second-order valence-electron chi connectivity index (χ2n) is 6.63. The van der Waals surface area contributed by atoms with Crippen LogP contribution in [0.2, 0.25) is 0 Å². The van der Waals surface area contributed by atoms with Crippen molar-refractivity contribution in [2.24, 2.45) is 0 Å². The first-order chi connectivity index (χ1) is 11.6. The molecular formula is C17H25BrN2O4S. The van der Waals surface area contributed by atoms with E-state index in [1.165, 1.54) is 4.90 Å². The number of aliphatic hydroxyl groups excluding tert-OH is 1. The second-order valence-corrected chi connectivity index (χ2v) is 9.39. The van der Waals surface area contributed by atoms with Crippen LogP contribution in [0.4, 0.5) is 5.69 Å². The lowest BCUT2D eigenvalue weighted by Gasteiger charge is -2.36. The minimum absolute atomic E-state index is 0.255. The van der Waals surface area contributed by atoms with Crippen molar-refractivity contribution in [2.75, 3.05) is 24.2 Å². The molecule has 0 aliphatic heterocycles. The van der Waals surface area contributed by atoms with Crippen LogP contribution in [0.3, 0.4) is 0 Å². The number of benzene rings is 1. The van der Waals surface area contributed by atoms with E-state index < -0.39 is 16.1 Å².